The SMILES string of the molecule is CCCN1c2nc(-n3ccnc3-c3ccccc3)ncc2NC(=O)C1(C)CC. The molecular formula is C21H24N6O. The first-order valence-corrected chi connectivity index (χ1v) is 9.63. The standard InChI is InChI=1S/C21H24N6O/c1-4-12-27-18-16(24-19(28)21(27,3)5-2)14-23-20(25-18)26-13-11-22-17(26)15-9-7-6-8-10-15/h6-11,13-14H,4-5,12H2,1-3H3,(H,24,28). The smallest absolute Gasteiger partial charge is 0.250 e. The molecular weight excluding hydrogens is 352 g/mol. The van der Waals surface area contributed by atoms with Crippen LogP contribution in [0.2, 0.25) is 0 Å². The maximum atomic E-state index is 12.7. The van der Waals surface area contributed by atoms with Crippen molar-refractivity contribution in [2.75, 3.05) is 16.8 Å². The summed E-state index contributed by atoms with van der Waals surface area (Å²) in [5.41, 5.74) is 1.01. The first kappa shape index (κ1) is 18.2. The van der Waals surface area contributed by atoms with Gasteiger partial charge in [0.1, 0.15) is 17.1 Å². The number of fused-ring (bicyclic) bond motifs is 1. The number of amides is 1. The van der Waals surface area contributed by atoms with Gasteiger partial charge in [0.15, 0.2) is 5.82 Å². The number of aromatic nitrogens is 4. The number of carbonyl (C=O) groups is 1. The minimum atomic E-state index is -0.633. The highest BCUT2D eigenvalue weighted by Gasteiger charge is 2.43. The zero-order valence-corrected chi connectivity index (χ0v) is 16.4. The number of nitrogens with zero attached hydrogens (tertiary/aromatic N) is 5. The van der Waals surface area contributed by atoms with E-state index in [1.165, 1.54) is 0 Å². The molecule has 7 nitrogen and oxygen atoms in total. The van der Waals surface area contributed by atoms with E-state index in [-0.39, 0.29) is 5.91 Å². The van der Waals surface area contributed by atoms with Crippen LogP contribution in [0, 0.1) is 0 Å². The second kappa shape index (κ2) is 7.07. The number of imidazole rings is 1. The van der Waals surface area contributed by atoms with Crippen molar-refractivity contribution in [1.29, 1.82) is 0 Å². The molecule has 144 valence electrons. The van der Waals surface area contributed by atoms with E-state index < -0.39 is 5.54 Å². The molecule has 1 aromatic carbocycles. The quantitative estimate of drug-likeness (QED) is 0.735. The molecule has 28 heavy (non-hydrogen) atoms. The highest BCUT2D eigenvalue weighted by Crippen LogP contribution is 2.37. The van der Waals surface area contributed by atoms with Crippen LogP contribution in [0.15, 0.2) is 48.9 Å². The monoisotopic (exact) mass is 376 g/mol. The van der Waals surface area contributed by atoms with Crippen LogP contribution in [-0.4, -0.2) is 37.5 Å². The van der Waals surface area contributed by atoms with Crippen molar-refractivity contribution in [2.24, 2.45) is 0 Å². The molecule has 1 amide bonds. The average Bonchev–Trinajstić information content (AvgIpc) is 3.22. The van der Waals surface area contributed by atoms with Gasteiger partial charge < -0.3 is 10.2 Å². The Balaban J connectivity index is 1.82. The summed E-state index contributed by atoms with van der Waals surface area (Å²) in [6.45, 7) is 6.85. The van der Waals surface area contributed by atoms with Crippen LogP contribution in [0.25, 0.3) is 17.3 Å². The van der Waals surface area contributed by atoms with Crippen LogP contribution in [0.3, 0.4) is 0 Å². The highest BCUT2D eigenvalue weighted by molar-refractivity contribution is 6.05. The minimum Gasteiger partial charge on any atom is -0.340 e. The first-order valence-electron chi connectivity index (χ1n) is 9.63. The third kappa shape index (κ3) is 2.83. The van der Waals surface area contributed by atoms with Gasteiger partial charge in [-0.1, -0.05) is 44.2 Å². The second-order valence-electron chi connectivity index (χ2n) is 7.13. The van der Waals surface area contributed by atoms with E-state index >= 15 is 0 Å². The van der Waals surface area contributed by atoms with E-state index in [2.05, 4.69) is 27.1 Å². The van der Waals surface area contributed by atoms with Crippen molar-refractivity contribution in [3.05, 3.63) is 48.9 Å². The molecule has 0 saturated carbocycles. The predicted molar refractivity (Wildman–Crippen MR) is 110 cm³/mol. The maximum Gasteiger partial charge on any atom is 0.250 e. The van der Waals surface area contributed by atoms with Gasteiger partial charge in [-0.15, -0.1) is 0 Å². The Hall–Kier alpha value is -3.22. The Kier molecular flexibility index (Phi) is 4.58. The molecule has 0 radical (unpaired) electrons. The minimum absolute atomic E-state index is 0.0140. The zero-order valence-electron chi connectivity index (χ0n) is 16.4. The third-order valence-corrected chi connectivity index (χ3v) is 5.37. The molecule has 1 N–H and O–H groups in total. The van der Waals surface area contributed by atoms with Crippen molar-refractivity contribution in [3.8, 4) is 17.3 Å². The van der Waals surface area contributed by atoms with Gasteiger partial charge in [0.25, 0.3) is 0 Å². The lowest BCUT2D eigenvalue weighted by molar-refractivity contribution is -0.121. The van der Waals surface area contributed by atoms with Crippen LogP contribution >= 0.6 is 0 Å². The van der Waals surface area contributed by atoms with E-state index in [1.54, 1.807) is 12.4 Å². The van der Waals surface area contributed by atoms with E-state index in [0.29, 0.717) is 18.1 Å². The summed E-state index contributed by atoms with van der Waals surface area (Å²) >= 11 is 0. The normalized spacial score (nSPS) is 18.7. The summed E-state index contributed by atoms with van der Waals surface area (Å²) < 4.78 is 1.87. The van der Waals surface area contributed by atoms with Crippen LogP contribution < -0.4 is 10.2 Å². The summed E-state index contributed by atoms with van der Waals surface area (Å²) in [6, 6.07) is 9.95. The Morgan fingerprint density at radius 2 is 1.93 bits per heavy atom. The fourth-order valence-electron chi connectivity index (χ4n) is 3.58. The Bertz CT molecular complexity index is 999. The van der Waals surface area contributed by atoms with Gasteiger partial charge >= 0.3 is 0 Å². The summed E-state index contributed by atoms with van der Waals surface area (Å²) in [4.78, 5) is 28.7. The molecule has 3 aromatic rings. The Labute approximate surface area is 164 Å². The summed E-state index contributed by atoms with van der Waals surface area (Å²) in [5.74, 6) is 2.05. The molecule has 1 aliphatic rings. The average molecular weight is 376 g/mol. The Morgan fingerprint density at radius 3 is 2.64 bits per heavy atom. The van der Waals surface area contributed by atoms with Crippen LogP contribution in [0.4, 0.5) is 11.5 Å². The predicted octanol–water partition coefficient (Wildman–Crippen LogP) is 3.67. The second-order valence-corrected chi connectivity index (χ2v) is 7.13. The van der Waals surface area contributed by atoms with E-state index in [1.807, 2.05) is 54.9 Å². The Morgan fingerprint density at radius 1 is 1.14 bits per heavy atom. The lowest BCUT2D eigenvalue weighted by Gasteiger charge is -2.44. The van der Waals surface area contributed by atoms with E-state index in [0.717, 1.165) is 30.2 Å². The van der Waals surface area contributed by atoms with Crippen molar-refractivity contribution >= 4 is 17.4 Å². The number of rotatable bonds is 5. The third-order valence-electron chi connectivity index (χ3n) is 5.37. The van der Waals surface area contributed by atoms with Gasteiger partial charge in [-0.2, -0.15) is 4.98 Å². The molecule has 1 aliphatic heterocycles. The van der Waals surface area contributed by atoms with Gasteiger partial charge in [0, 0.05) is 24.5 Å². The summed E-state index contributed by atoms with van der Waals surface area (Å²) in [7, 11) is 0. The summed E-state index contributed by atoms with van der Waals surface area (Å²) in [6.07, 6.45) is 6.89. The number of benzene rings is 1. The van der Waals surface area contributed by atoms with Crippen LogP contribution in [0.1, 0.15) is 33.6 Å². The fourth-order valence-corrected chi connectivity index (χ4v) is 3.58. The number of hydrogen-bond acceptors (Lipinski definition) is 5. The molecule has 3 heterocycles. The number of anilines is 2. The molecule has 2 aromatic heterocycles. The van der Waals surface area contributed by atoms with Gasteiger partial charge in [0.2, 0.25) is 11.9 Å². The molecule has 1 atom stereocenters. The molecule has 0 spiro atoms. The van der Waals surface area contributed by atoms with Gasteiger partial charge in [0.05, 0.1) is 6.20 Å². The van der Waals surface area contributed by atoms with Crippen LogP contribution in [-0.2, 0) is 4.79 Å². The van der Waals surface area contributed by atoms with Gasteiger partial charge in [-0.3, -0.25) is 9.36 Å². The molecule has 0 aliphatic carbocycles. The molecule has 7 heteroatoms. The first-order chi connectivity index (χ1) is 13.6. The molecule has 0 saturated heterocycles. The van der Waals surface area contributed by atoms with Crippen molar-refractivity contribution < 1.29 is 4.79 Å². The number of nitrogens with one attached hydrogen (secondary N) is 1. The number of carbonyl (C=O) groups excluding carboxylic acids is 1. The molecule has 0 fully saturated rings. The fraction of sp³-hybridized carbons (Fsp3) is 0.333. The van der Waals surface area contributed by atoms with Crippen molar-refractivity contribution in [2.45, 2.75) is 39.2 Å². The highest BCUT2D eigenvalue weighted by atomic mass is 16.2. The number of hydrogen-bond donors (Lipinski definition) is 1. The molecule has 4 rings (SSSR count). The van der Waals surface area contributed by atoms with Crippen molar-refractivity contribution in [1.82, 2.24) is 19.5 Å². The van der Waals surface area contributed by atoms with Gasteiger partial charge in [-0.05, 0) is 19.8 Å². The van der Waals surface area contributed by atoms with E-state index in [9.17, 15) is 4.79 Å². The largest absolute Gasteiger partial charge is 0.340 e. The summed E-state index contributed by atoms with van der Waals surface area (Å²) in [5, 5.41) is 2.98. The molecule has 0 bridgehead atoms. The lowest BCUT2D eigenvalue weighted by Crippen LogP contribution is -2.58. The van der Waals surface area contributed by atoms with Crippen LogP contribution in [0.5, 0.6) is 0 Å². The lowest BCUT2D eigenvalue weighted by atomic mass is 9.92. The molecule has 1 unspecified atom stereocenters. The maximum absolute atomic E-state index is 12.7. The van der Waals surface area contributed by atoms with Gasteiger partial charge in [-0.25, -0.2) is 9.97 Å². The van der Waals surface area contributed by atoms with Crippen molar-refractivity contribution in [3.63, 3.8) is 0 Å². The van der Waals surface area contributed by atoms with E-state index in [4.69, 9.17) is 4.98 Å². The zero-order chi connectivity index (χ0) is 19.7. The topological polar surface area (TPSA) is 75.9 Å².